The summed E-state index contributed by atoms with van der Waals surface area (Å²) in [6.07, 6.45) is 2.47. The van der Waals surface area contributed by atoms with Crippen LogP contribution in [0.3, 0.4) is 0 Å². The Bertz CT molecular complexity index is 993. The third-order valence-corrected chi connectivity index (χ3v) is 5.78. The normalized spacial score (nSPS) is 14.1. The van der Waals surface area contributed by atoms with Crippen LogP contribution in [0.25, 0.3) is 11.0 Å². The molecule has 1 atom stereocenters. The lowest BCUT2D eigenvalue weighted by atomic mass is 10.2. The molecule has 9 heteroatoms. The molecule has 3 heterocycles. The standard InChI is InChI=1S/C20H23N3O5S/c1-13-16(21-5-4-17(13)26-7-3-6-25-2)12-29(24)20-22-14-10-18-19(11-15(14)23-20)28-9-8-27-18/h4-5,10-11H,3,6-9,12H2,1-2H3,(H,22,23). The first kappa shape index (κ1) is 19.7. The largest absolute Gasteiger partial charge is 0.493 e. The molecule has 0 radical (unpaired) electrons. The second-order valence-corrected chi connectivity index (χ2v) is 7.99. The smallest absolute Gasteiger partial charge is 0.197 e. The van der Waals surface area contributed by atoms with Crippen LogP contribution < -0.4 is 14.2 Å². The Hall–Kier alpha value is -2.65. The predicted octanol–water partition coefficient (Wildman–Crippen LogP) is 2.76. The van der Waals surface area contributed by atoms with Gasteiger partial charge in [0, 0.05) is 44.0 Å². The average molecular weight is 417 g/mol. The molecule has 154 valence electrons. The molecule has 0 aliphatic carbocycles. The Morgan fingerprint density at radius 3 is 2.79 bits per heavy atom. The molecule has 1 unspecified atom stereocenters. The van der Waals surface area contributed by atoms with E-state index in [1.54, 1.807) is 19.4 Å². The Morgan fingerprint density at radius 1 is 1.21 bits per heavy atom. The van der Waals surface area contributed by atoms with E-state index in [-0.39, 0.29) is 5.75 Å². The maximum atomic E-state index is 12.9. The van der Waals surface area contributed by atoms with Gasteiger partial charge in [-0.3, -0.25) is 9.19 Å². The van der Waals surface area contributed by atoms with Crippen LogP contribution in [0.1, 0.15) is 17.7 Å². The first-order valence-electron chi connectivity index (χ1n) is 9.39. The molecule has 0 spiro atoms. The molecule has 8 nitrogen and oxygen atoms in total. The number of nitrogens with zero attached hydrogens (tertiary/aromatic N) is 2. The third kappa shape index (κ3) is 4.35. The van der Waals surface area contributed by atoms with Crippen molar-refractivity contribution in [1.82, 2.24) is 15.0 Å². The number of ether oxygens (including phenoxy) is 4. The number of imidazole rings is 1. The number of aromatic nitrogens is 3. The summed E-state index contributed by atoms with van der Waals surface area (Å²) in [4.78, 5) is 12.0. The van der Waals surface area contributed by atoms with Gasteiger partial charge in [0.05, 0.1) is 39.9 Å². The summed E-state index contributed by atoms with van der Waals surface area (Å²) in [7, 11) is 0.283. The van der Waals surface area contributed by atoms with Gasteiger partial charge >= 0.3 is 0 Å². The number of benzene rings is 1. The fourth-order valence-electron chi connectivity index (χ4n) is 3.07. The summed E-state index contributed by atoms with van der Waals surface area (Å²) in [5.41, 5.74) is 3.06. The summed E-state index contributed by atoms with van der Waals surface area (Å²) < 4.78 is 34.9. The quantitative estimate of drug-likeness (QED) is 0.563. The van der Waals surface area contributed by atoms with Crippen molar-refractivity contribution in [2.45, 2.75) is 24.3 Å². The van der Waals surface area contributed by atoms with Crippen molar-refractivity contribution in [2.75, 3.05) is 33.5 Å². The number of aromatic amines is 1. The minimum absolute atomic E-state index is 0.244. The minimum atomic E-state index is -1.38. The third-order valence-electron chi connectivity index (χ3n) is 4.62. The van der Waals surface area contributed by atoms with Crippen LogP contribution >= 0.6 is 0 Å². The molecule has 0 fully saturated rings. The molecule has 4 rings (SSSR count). The van der Waals surface area contributed by atoms with Crippen LogP contribution in [0, 0.1) is 6.92 Å². The van der Waals surface area contributed by atoms with Crippen LogP contribution in [-0.2, 0) is 21.3 Å². The molecule has 1 aromatic carbocycles. The predicted molar refractivity (Wildman–Crippen MR) is 108 cm³/mol. The van der Waals surface area contributed by atoms with Crippen LogP contribution in [0.2, 0.25) is 0 Å². The van der Waals surface area contributed by atoms with Crippen molar-refractivity contribution in [3.05, 3.63) is 35.7 Å². The number of hydrogen-bond acceptors (Lipinski definition) is 7. The monoisotopic (exact) mass is 417 g/mol. The molecule has 0 saturated heterocycles. The summed E-state index contributed by atoms with van der Waals surface area (Å²) in [6.45, 7) is 4.15. The molecule has 0 saturated carbocycles. The number of hydrogen-bond donors (Lipinski definition) is 1. The van der Waals surface area contributed by atoms with E-state index in [1.807, 2.05) is 19.1 Å². The van der Waals surface area contributed by atoms with E-state index >= 15 is 0 Å². The number of pyridine rings is 1. The first-order chi connectivity index (χ1) is 14.2. The minimum Gasteiger partial charge on any atom is -0.493 e. The van der Waals surface area contributed by atoms with Crippen LogP contribution in [0.15, 0.2) is 29.6 Å². The van der Waals surface area contributed by atoms with E-state index in [1.165, 1.54) is 0 Å². The number of methoxy groups -OCH3 is 1. The second-order valence-electron chi connectivity index (χ2n) is 6.62. The topological polar surface area (TPSA) is 95.6 Å². The molecule has 0 bridgehead atoms. The van der Waals surface area contributed by atoms with Gasteiger partial charge in [0.2, 0.25) is 0 Å². The highest BCUT2D eigenvalue weighted by molar-refractivity contribution is 7.84. The molecule has 3 aromatic rings. The summed E-state index contributed by atoms with van der Waals surface area (Å²) in [6, 6.07) is 5.45. The van der Waals surface area contributed by atoms with E-state index in [4.69, 9.17) is 18.9 Å². The van der Waals surface area contributed by atoms with Gasteiger partial charge in [0.1, 0.15) is 19.0 Å². The van der Waals surface area contributed by atoms with Crippen LogP contribution in [0.4, 0.5) is 0 Å². The zero-order chi connectivity index (χ0) is 20.2. The molecule has 0 amide bonds. The van der Waals surface area contributed by atoms with Gasteiger partial charge in [-0.05, 0) is 13.0 Å². The average Bonchev–Trinajstić information content (AvgIpc) is 3.15. The van der Waals surface area contributed by atoms with Crippen molar-refractivity contribution < 1.29 is 23.2 Å². The Kier molecular flexibility index (Phi) is 5.96. The van der Waals surface area contributed by atoms with Gasteiger partial charge in [-0.25, -0.2) is 4.98 Å². The SMILES string of the molecule is COCCCOc1ccnc(CS(=O)c2nc3cc4c(cc3[nH]2)OCCO4)c1C. The van der Waals surface area contributed by atoms with Crippen molar-refractivity contribution in [2.24, 2.45) is 0 Å². The van der Waals surface area contributed by atoms with Gasteiger partial charge in [-0.1, -0.05) is 0 Å². The highest BCUT2D eigenvalue weighted by atomic mass is 32.2. The lowest BCUT2D eigenvalue weighted by Gasteiger charge is -2.17. The second kappa shape index (κ2) is 8.79. The fraction of sp³-hybridized carbons (Fsp3) is 0.400. The lowest BCUT2D eigenvalue weighted by Crippen LogP contribution is -2.15. The van der Waals surface area contributed by atoms with Crippen molar-refractivity contribution in [1.29, 1.82) is 0 Å². The Balaban J connectivity index is 1.50. The molecule has 1 aliphatic rings. The highest BCUT2D eigenvalue weighted by Gasteiger charge is 2.18. The molecule has 29 heavy (non-hydrogen) atoms. The molecule has 1 N–H and O–H groups in total. The van der Waals surface area contributed by atoms with E-state index < -0.39 is 10.8 Å². The van der Waals surface area contributed by atoms with Crippen molar-refractivity contribution in [3.63, 3.8) is 0 Å². The molecular weight excluding hydrogens is 394 g/mol. The number of H-pyrrole nitrogens is 1. The van der Waals surface area contributed by atoms with E-state index in [0.717, 1.165) is 28.9 Å². The highest BCUT2D eigenvalue weighted by Crippen LogP contribution is 2.34. The Morgan fingerprint density at radius 2 is 2.00 bits per heavy atom. The number of nitrogens with one attached hydrogen (secondary N) is 1. The zero-order valence-corrected chi connectivity index (χ0v) is 17.2. The van der Waals surface area contributed by atoms with Crippen molar-refractivity contribution >= 4 is 21.8 Å². The first-order valence-corrected chi connectivity index (χ1v) is 10.7. The number of fused-ring (bicyclic) bond motifs is 2. The fourth-order valence-corrected chi connectivity index (χ4v) is 4.17. The van der Waals surface area contributed by atoms with Crippen molar-refractivity contribution in [3.8, 4) is 17.2 Å². The molecular formula is C20H23N3O5S. The summed E-state index contributed by atoms with van der Waals surface area (Å²) in [5.74, 6) is 2.31. The maximum Gasteiger partial charge on any atom is 0.197 e. The van der Waals surface area contributed by atoms with Crippen LogP contribution in [0.5, 0.6) is 17.2 Å². The van der Waals surface area contributed by atoms with E-state index in [9.17, 15) is 4.21 Å². The number of rotatable bonds is 8. The van der Waals surface area contributed by atoms with Gasteiger partial charge in [-0.2, -0.15) is 0 Å². The van der Waals surface area contributed by atoms with Gasteiger partial charge in [0.15, 0.2) is 16.7 Å². The van der Waals surface area contributed by atoms with E-state index in [2.05, 4.69) is 15.0 Å². The summed E-state index contributed by atoms with van der Waals surface area (Å²) >= 11 is 0. The maximum absolute atomic E-state index is 12.9. The van der Waals surface area contributed by atoms with E-state index in [0.29, 0.717) is 48.6 Å². The molecule has 1 aliphatic heterocycles. The summed E-state index contributed by atoms with van der Waals surface area (Å²) in [5, 5.41) is 0.398. The lowest BCUT2D eigenvalue weighted by molar-refractivity contribution is 0.172. The molecule has 2 aromatic heterocycles. The van der Waals surface area contributed by atoms with Gasteiger partial charge in [0.25, 0.3) is 0 Å². The van der Waals surface area contributed by atoms with Gasteiger partial charge < -0.3 is 23.9 Å². The van der Waals surface area contributed by atoms with Gasteiger partial charge in [-0.15, -0.1) is 0 Å². The van der Waals surface area contributed by atoms with Crippen LogP contribution in [-0.4, -0.2) is 52.7 Å². The Labute approximate surface area is 171 Å². The zero-order valence-electron chi connectivity index (χ0n) is 16.4.